The fourth-order valence-corrected chi connectivity index (χ4v) is 5.44. The van der Waals surface area contributed by atoms with Gasteiger partial charge in [0.15, 0.2) is 0 Å². The summed E-state index contributed by atoms with van der Waals surface area (Å²) < 4.78 is 0. The Morgan fingerprint density at radius 2 is 1.14 bits per heavy atom. The number of aromatic hydroxyl groups is 2. The number of phenolic OH excluding ortho intramolecular Hbond substituents is 2. The Balaban J connectivity index is 2.22. The number of hydrogen-bond donors (Lipinski definition) is 2. The quantitative estimate of drug-likeness (QED) is 0.494. The Kier molecular flexibility index (Phi) is 2.66. The van der Waals surface area contributed by atoms with Gasteiger partial charge >= 0.3 is 0 Å². The molecule has 0 saturated heterocycles. The van der Waals surface area contributed by atoms with E-state index in [2.05, 4.69) is 24.3 Å². The van der Waals surface area contributed by atoms with Crippen molar-refractivity contribution in [3.05, 3.63) is 66.7 Å². The maximum atomic E-state index is 9.79. The molecule has 102 valence electrons. The number of rotatable bonds is 1. The molecule has 1 heterocycles. The molecule has 0 radical (unpaired) electrons. The third-order valence-corrected chi connectivity index (χ3v) is 6.30. The van der Waals surface area contributed by atoms with Crippen LogP contribution in [0.3, 0.4) is 0 Å². The highest BCUT2D eigenvalue weighted by molar-refractivity contribution is 7.67. The van der Waals surface area contributed by atoms with Crippen LogP contribution >= 0.6 is 7.53 Å². The van der Waals surface area contributed by atoms with Gasteiger partial charge < -0.3 is 10.2 Å². The summed E-state index contributed by atoms with van der Waals surface area (Å²) in [6, 6.07) is 21.5. The van der Waals surface area contributed by atoms with Gasteiger partial charge in [0, 0.05) is 10.2 Å². The van der Waals surface area contributed by atoms with Crippen molar-refractivity contribution in [1.82, 2.24) is 0 Å². The van der Waals surface area contributed by atoms with Crippen LogP contribution in [0.15, 0.2) is 66.7 Å². The van der Waals surface area contributed by atoms with E-state index in [0.29, 0.717) is 0 Å². The van der Waals surface area contributed by atoms with Crippen molar-refractivity contribution in [1.29, 1.82) is 0 Å². The molecule has 0 aliphatic rings. The minimum absolute atomic E-state index is 0.257. The second kappa shape index (κ2) is 4.54. The van der Waals surface area contributed by atoms with Crippen molar-refractivity contribution < 1.29 is 10.2 Å². The van der Waals surface area contributed by atoms with Crippen LogP contribution < -0.4 is 0 Å². The Bertz CT molecular complexity index is 896. The second-order valence-corrected chi connectivity index (χ2v) is 7.22. The summed E-state index contributed by atoms with van der Waals surface area (Å²) in [5.41, 5.74) is 0. The SMILES string of the molecule is Oc1ccc2c(c1)c1cc(O)ccc1p2-c1ccccc1. The van der Waals surface area contributed by atoms with Gasteiger partial charge in [0.1, 0.15) is 11.5 Å². The lowest BCUT2D eigenvalue weighted by molar-refractivity contribution is 0.475. The average molecular weight is 292 g/mol. The fourth-order valence-electron chi connectivity index (χ4n) is 2.85. The van der Waals surface area contributed by atoms with Crippen molar-refractivity contribution in [2.45, 2.75) is 0 Å². The van der Waals surface area contributed by atoms with Gasteiger partial charge in [-0.25, -0.2) is 0 Å². The lowest BCUT2D eigenvalue weighted by atomic mass is 10.1. The third-order valence-electron chi connectivity index (χ3n) is 3.75. The lowest BCUT2D eigenvalue weighted by Crippen LogP contribution is -1.67. The molecule has 4 rings (SSSR count). The molecule has 3 aromatic carbocycles. The first-order valence-corrected chi connectivity index (χ1v) is 8.10. The molecule has 2 N–H and O–H groups in total. The molecule has 0 aliphatic heterocycles. The summed E-state index contributed by atoms with van der Waals surface area (Å²) in [6.07, 6.45) is 0. The zero-order chi connectivity index (χ0) is 14.4. The van der Waals surface area contributed by atoms with Crippen molar-refractivity contribution >= 4 is 28.5 Å². The maximum Gasteiger partial charge on any atom is 0.116 e. The molecular formula is C18H13O2P. The molecule has 0 atom stereocenters. The molecule has 0 unspecified atom stereocenters. The van der Waals surface area contributed by atoms with Crippen molar-refractivity contribution in [2.75, 3.05) is 0 Å². The normalized spacial score (nSPS) is 11.2. The van der Waals surface area contributed by atoms with Gasteiger partial charge in [0.05, 0.1) is 0 Å². The molecule has 0 bridgehead atoms. The molecule has 2 nitrogen and oxygen atoms in total. The van der Waals surface area contributed by atoms with E-state index in [9.17, 15) is 10.2 Å². The molecular weight excluding hydrogens is 279 g/mol. The van der Waals surface area contributed by atoms with Crippen LogP contribution in [-0.2, 0) is 0 Å². The van der Waals surface area contributed by atoms with Crippen LogP contribution in [0.5, 0.6) is 11.5 Å². The lowest BCUT2D eigenvalue weighted by Gasteiger charge is -2.03. The Hall–Kier alpha value is -2.44. The van der Waals surface area contributed by atoms with Gasteiger partial charge in [-0.1, -0.05) is 37.9 Å². The van der Waals surface area contributed by atoms with E-state index in [-0.39, 0.29) is 11.5 Å². The van der Waals surface area contributed by atoms with E-state index in [1.54, 1.807) is 24.3 Å². The van der Waals surface area contributed by atoms with Crippen molar-refractivity contribution in [2.24, 2.45) is 0 Å². The molecule has 21 heavy (non-hydrogen) atoms. The zero-order valence-electron chi connectivity index (χ0n) is 11.2. The van der Waals surface area contributed by atoms with Gasteiger partial charge in [0.25, 0.3) is 0 Å². The molecule has 0 fully saturated rings. The first kappa shape index (κ1) is 12.3. The summed E-state index contributed by atoms with van der Waals surface area (Å²) in [5.74, 6) is 0.515. The third kappa shape index (κ3) is 1.88. The number of fused-ring (bicyclic) bond motifs is 3. The standard InChI is InChI=1S/C18H13O2P/c19-12-6-8-17-15(10-12)16-11-13(20)7-9-18(16)21(17)14-4-2-1-3-5-14/h1-11,19-20H. The van der Waals surface area contributed by atoms with E-state index in [0.717, 1.165) is 10.8 Å². The fraction of sp³-hybridized carbons (Fsp3) is 0. The molecule has 4 aromatic rings. The number of phenols is 2. The Labute approximate surface area is 123 Å². The highest BCUT2D eigenvalue weighted by atomic mass is 31.1. The highest BCUT2D eigenvalue weighted by Crippen LogP contribution is 2.55. The van der Waals surface area contributed by atoms with Crippen molar-refractivity contribution in [3.8, 4) is 16.8 Å². The van der Waals surface area contributed by atoms with Crippen LogP contribution in [0.25, 0.3) is 26.3 Å². The van der Waals surface area contributed by atoms with Crippen LogP contribution in [0.1, 0.15) is 0 Å². The molecule has 0 aliphatic carbocycles. The van der Waals surface area contributed by atoms with Crippen LogP contribution in [0, 0.1) is 0 Å². The number of hydrogen-bond acceptors (Lipinski definition) is 2. The molecule has 3 heteroatoms. The van der Waals surface area contributed by atoms with Crippen LogP contribution in [-0.4, -0.2) is 10.2 Å². The minimum Gasteiger partial charge on any atom is -0.508 e. The van der Waals surface area contributed by atoms with E-state index >= 15 is 0 Å². The molecule has 0 spiro atoms. The summed E-state index contributed by atoms with van der Waals surface area (Å²) in [6.45, 7) is 0. The Morgan fingerprint density at radius 1 is 0.619 bits per heavy atom. The summed E-state index contributed by atoms with van der Waals surface area (Å²) in [5, 5.41) is 25.4. The average Bonchev–Trinajstić information content (AvgIpc) is 2.81. The van der Waals surface area contributed by atoms with Crippen LogP contribution in [0.2, 0.25) is 0 Å². The monoisotopic (exact) mass is 292 g/mol. The predicted molar refractivity (Wildman–Crippen MR) is 88.8 cm³/mol. The van der Waals surface area contributed by atoms with E-state index < -0.39 is 7.53 Å². The van der Waals surface area contributed by atoms with E-state index in [1.807, 2.05) is 18.2 Å². The molecule has 0 saturated carbocycles. The summed E-state index contributed by atoms with van der Waals surface area (Å²) in [4.78, 5) is 0. The topological polar surface area (TPSA) is 40.5 Å². The molecule has 1 aromatic heterocycles. The summed E-state index contributed by atoms with van der Waals surface area (Å²) in [7, 11) is -0.619. The largest absolute Gasteiger partial charge is 0.508 e. The van der Waals surface area contributed by atoms with Gasteiger partial charge in [0.2, 0.25) is 0 Å². The van der Waals surface area contributed by atoms with Gasteiger partial charge in [-0.3, -0.25) is 0 Å². The molecule has 0 amide bonds. The van der Waals surface area contributed by atoms with Gasteiger partial charge in [-0.2, -0.15) is 0 Å². The highest BCUT2D eigenvalue weighted by Gasteiger charge is 2.14. The van der Waals surface area contributed by atoms with Gasteiger partial charge in [-0.15, -0.1) is 0 Å². The smallest absolute Gasteiger partial charge is 0.116 e. The maximum absolute atomic E-state index is 9.79. The second-order valence-electron chi connectivity index (χ2n) is 5.07. The predicted octanol–water partition coefficient (Wildman–Crippen LogP) is 5.38. The van der Waals surface area contributed by atoms with Crippen molar-refractivity contribution in [3.63, 3.8) is 0 Å². The van der Waals surface area contributed by atoms with E-state index in [1.165, 1.54) is 15.5 Å². The Morgan fingerprint density at radius 3 is 1.67 bits per heavy atom. The first-order valence-electron chi connectivity index (χ1n) is 6.75. The zero-order valence-corrected chi connectivity index (χ0v) is 12.1. The first-order chi connectivity index (χ1) is 10.2. The van der Waals surface area contributed by atoms with E-state index in [4.69, 9.17) is 0 Å². The van der Waals surface area contributed by atoms with Crippen LogP contribution in [0.4, 0.5) is 0 Å². The number of benzene rings is 3. The summed E-state index contributed by atoms with van der Waals surface area (Å²) >= 11 is 0. The van der Waals surface area contributed by atoms with Gasteiger partial charge in [-0.05, 0) is 52.5 Å². The minimum atomic E-state index is -0.619.